The van der Waals surface area contributed by atoms with Crippen LogP contribution in [0.3, 0.4) is 0 Å². The summed E-state index contributed by atoms with van der Waals surface area (Å²) >= 11 is 1.21. The standard InChI is InChI=1S/C38H36N2O8S/c1-46-34-20-29(31(40(44)45)21-35(34)47-2)37(36-32(41)18-24(19-33(36)42)23-10-4-3-5-11-23)49-17-16-39-38(43)48-22-30-27-14-8-6-12-25(27)26-13-7-9-15-28(26)30/h3-15,20-21,24,30,37,41H,16-19,22H2,1-2H3,(H,39,43). The molecule has 252 valence electrons. The molecule has 2 unspecified atom stereocenters. The number of nitro benzene ring substituents is 1. The molecule has 0 fully saturated rings. The molecule has 2 N–H and O–H groups in total. The number of nitrogens with zero attached hydrogens (tertiary/aromatic N) is 1. The van der Waals surface area contributed by atoms with Crippen LogP contribution in [0.1, 0.15) is 52.2 Å². The SMILES string of the molecule is COc1cc(C(SCCNC(=O)OCC2c3ccccc3-c3ccccc32)C2=C(O)CC(c3ccccc3)CC2=O)c([N+](=O)[O-])cc1OC. The van der Waals surface area contributed by atoms with Crippen molar-refractivity contribution in [2.24, 2.45) is 0 Å². The molecule has 0 saturated carbocycles. The monoisotopic (exact) mass is 680 g/mol. The molecule has 1 amide bonds. The summed E-state index contributed by atoms with van der Waals surface area (Å²) in [5, 5.41) is 25.5. The van der Waals surface area contributed by atoms with Crippen LogP contribution in [0.25, 0.3) is 11.1 Å². The molecule has 2 aliphatic rings. The highest BCUT2D eigenvalue weighted by atomic mass is 32.2. The fraction of sp³-hybridized carbons (Fsp3) is 0.263. The highest BCUT2D eigenvalue weighted by Crippen LogP contribution is 2.49. The first kappa shape index (κ1) is 33.6. The van der Waals surface area contributed by atoms with Crippen molar-refractivity contribution in [3.63, 3.8) is 0 Å². The lowest BCUT2D eigenvalue weighted by atomic mass is 9.80. The van der Waals surface area contributed by atoms with E-state index in [0.29, 0.717) is 0 Å². The van der Waals surface area contributed by atoms with E-state index in [1.54, 1.807) is 0 Å². The summed E-state index contributed by atoms with van der Waals surface area (Å²) in [7, 11) is 2.80. The summed E-state index contributed by atoms with van der Waals surface area (Å²) in [6.07, 6.45) is -0.251. The van der Waals surface area contributed by atoms with Gasteiger partial charge in [0.1, 0.15) is 12.4 Å². The van der Waals surface area contributed by atoms with E-state index >= 15 is 0 Å². The summed E-state index contributed by atoms with van der Waals surface area (Å²) in [4.78, 5) is 38.3. The Labute approximate surface area is 288 Å². The van der Waals surface area contributed by atoms with Crippen molar-refractivity contribution >= 4 is 29.3 Å². The van der Waals surface area contributed by atoms with Crippen LogP contribution in [-0.2, 0) is 9.53 Å². The van der Waals surface area contributed by atoms with Gasteiger partial charge < -0.3 is 24.6 Å². The van der Waals surface area contributed by atoms with Crippen LogP contribution in [0.15, 0.2) is 102 Å². The Hall–Kier alpha value is -5.29. The third-order valence-electron chi connectivity index (χ3n) is 9.03. The lowest BCUT2D eigenvalue weighted by molar-refractivity contribution is -0.385. The molecule has 0 heterocycles. The quantitative estimate of drug-likeness (QED) is 0.0869. The van der Waals surface area contributed by atoms with E-state index in [0.717, 1.165) is 27.8 Å². The number of ether oxygens (including phenoxy) is 3. The van der Waals surface area contributed by atoms with E-state index in [9.17, 15) is 24.8 Å². The van der Waals surface area contributed by atoms with Gasteiger partial charge in [0.25, 0.3) is 5.69 Å². The van der Waals surface area contributed by atoms with Gasteiger partial charge in [-0.25, -0.2) is 4.79 Å². The van der Waals surface area contributed by atoms with Gasteiger partial charge in [-0.2, -0.15) is 0 Å². The zero-order valence-electron chi connectivity index (χ0n) is 27.1. The molecule has 10 nitrogen and oxygen atoms in total. The van der Waals surface area contributed by atoms with Crippen LogP contribution < -0.4 is 14.8 Å². The number of hydrogen-bond donors (Lipinski definition) is 2. The molecule has 0 aliphatic heterocycles. The molecule has 4 aromatic rings. The van der Waals surface area contributed by atoms with Crippen molar-refractivity contribution in [3.05, 3.63) is 135 Å². The predicted molar refractivity (Wildman–Crippen MR) is 188 cm³/mol. The summed E-state index contributed by atoms with van der Waals surface area (Å²) in [6.45, 7) is 0.305. The molecular weight excluding hydrogens is 644 g/mol. The Bertz CT molecular complexity index is 1870. The van der Waals surface area contributed by atoms with Crippen molar-refractivity contribution in [2.75, 3.05) is 33.1 Å². The number of alkyl carbamates (subject to hydrolysis) is 1. The van der Waals surface area contributed by atoms with Gasteiger partial charge in [0.2, 0.25) is 0 Å². The molecule has 0 spiro atoms. The number of methoxy groups -OCH3 is 2. The lowest BCUT2D eigenvalue weighted by Gasteiger charge is -2.28. The van der Waals surface area contributed by atoms with Crippen LogP contribution in [0, 0.1) is 10.1 Å². The minimum atomic E-state index is -0.922. The number of thioether (sulfide) groups is 1. The number of allylic oxidation sites excluding steroid dienone is 1. The third-order valence-corrected chi connectivity index (χ3v) is 10.3. The summed E-state index contributed by atoms with van der Waals surface area (Å²) < 4.78 is 16.4. The zero-order valence-corrected chi connectivity index (χ0v) is 27.9. The molecule has 11 heteroatoms. The van der Waals surface area contributed by atoms with Gasteiger partial charge in [-0.05, 0) is 39.8 Å². The van der Waals surface area contributed by atoms with Gasteiger partial charge >= 0.3 is 6.09 Å². The van der Waals surface area contributed by atoms with Gasteiger partial charge in [-0.3, -0.25) is 14.9 Å². The van der Waals surface area contributed by atoms with E-state index in [2.05, 4.69) is 17.4 Å². The first-order chi connectivity index (χ1) is 23.8. The molecule has 0 saturated heterocycles. The van der Waals surface area contributed by atoms with Crippen molar-refractivity contribution < 1.29 is 33.8 Å². The number of ketones is 1. The predicted octanol–water partition coefficient (Wildman–Crippen LogP) is 7.88. The number of carbonyl (C=O) groups excluding carboxylic acids is 2. The zero-order chi connectivity index (χ0) is 34.5. The van der Waals surface area contributed by atoms with Crippen molar-refractivity contribution in [3.8, 4) is 22.6 Å². The molecule has 0 bridgehead atoms. The normalized spacial score (nSPS) is 16.0. The van der Waals surface area contributed by atoms with Crippen LogP contribution >= 0.6 is 11.8 Å². The minimum Gasteiger partial charge on any atom is -0.512 e. The Balaban J connectivity index is 1.19. The molecule has 0 radical (unpaired) electrons. The van der Waals surface area contributed by atoms with Crippen LogP contribution in [-0.4, -0.2) is 55.0 Å². The number of rotatable bonds is 12. The first-order valence-electron chi connectivity index (χ1n) is 15.9. The molecule has 2 aliphatic carbocycles. The van der Waals surface area contributed by atoms with Crippen LogP contribution in [0.4, 0.5) is 10.5 Å². The van der Waals surface area contributed by atoms with Gasteiger partial charge in [0, 0.05) is 31.1 Å². The molecular formula is C38H36N2O8S. The van der Waals surface area contributed by atoms with E-state index in [4.69, 9.17) is 14.2 Å². The maximum Gasteiger partial charge on any atom is 0.407 e. The van der Waals surface area contributed by atoms with Crippen LogP contribution in [0.5, 0.6) is 11.5 Å². The fourth-order valence-electron chi connectivity index (χ4n) is 6.73. The second-order valence-electron chi connectivity index (χ2n) is 11.8. The van der Waals surface area contributed by atoms with Crippen LogP contribution in [0.2, 0.25) is 0 Å². The molecule has 49 heavy (non-hydrogen) atoms. The molecule has 4 aromatic carbocycles. The molecule has 2 atom stereocenters. The first-order valence-corrected chi connectivity index (χ1v) is 17.0. The van der Waals surface area contributed by atoms with Gasteiger partial charge in [-0.15, -0.1) is 11.8 Å². The number of amides is 1. The second-order valence-corrected chi connectivity index (χ2v) is 13.0. The second kappa shape index (κ2) is 14.9. The van der Waals surface area contributed by atoms with Gasteiger partial charge in [-0.1, -0.05) is 78.9 Å². The number of benzene rings is 4. The van der Waals surface area contributed by atoms with Gasteiger partial charge in [0.05, 0.1) is 41.6 Å². The average molecular weight is 681 g/mol. The van der Waals surface area contributed by atoms with Crippen molar-refractivity contribution in [1.29, 1.82) is 0 Å². The third kappa shape index (κ3) is 6.98. The smallest absolute Gasteiger partial charge is 0.407 e. The number of hydrogen-bond acceptors (Lipinski definition) is 9. The van der Waals surface area contributed by atoms with E-state index in [-0.39, 0.29) is 83.4 Å². The Morgan fingerprint density at radius 1 is 0.939 bits per heavy atom. The lowest BCUT2D eigenvalue weighted by Crippen LogP contribution is -2.28. The topological polar surface area (TPSA) is 137 Å². The number of nitro groups is 1. The summed E-state index contributed by atoms with van der Waals surface area (Å²) in [5.41, 5.74) is 5.40. The highest BCUT2D eigenvalue weighted by molar-refractivity contribution is 7.99. The van der Waals surface area contributed by atoms with E-state index < -0.39 is 16.3 Å². The van der Waals surface area contributed by atoms with Crippen molar-refractivity contribution in [2.45, 2.75) is 29.9 Å². The van der Waals surface area contributed by atoms with E-state index in [1.165, 1.54) is 38.1 Å². The van der Waals surface area contributed by atoms with E-state index in [1.807, 2.05) is 66.7 Å². The van der Waals surface area contributed by atoms with Crippen molar-refractivity contribution in [1.82, 2.24) is 5.32 Å². The summed E-state index contributed by atoms with van der Waals surface area (Å²) in [5.74, 6) is -0.0630. The largest absolute Gasteiger partial charge is 0.512 e. The number of aliphatic hydroxyl groups is 1. The average Bonchev–Trinajstić information content (AvgIpc) is 3.44. The number of Topliss-reactive ketones (excluding diaryl/α,β-unsaturated/α-hetero) is 1. The Morgan fingerprint density at radius 2 is 1.55 bits per heavy atom. The number of fused-ring (bicyclic) bond motifs is 3. The summed E-state index contributed by atoms with van der Waals surface area (Å²) in [6, 6.07) is 28.4. The number of nitrogens with one attached hydrogen (secondary N) is 1. The number of aliphatic hydroxyl groups excluding tert-OH is 1. The minimum absolute atomic E-state index is 0.0885. The molecule has 6 rings (SSSR count). The highest BCUT2D eigenvalue weighted by Gasteiger charge is 2.38. The number of carbonyl (C=O) groups is 2. The van der Waals surface area contributed by atoms with Gasteiger partial charge in [0.15, 0.2) is 17.3 Å². The fourth-order valence-corrected chi connectivity index (χ4v) is 7.99. The molecule has 0 aromatic heterocycles. The Kier molecular flexibility index (Phi) is 10.2. The Morgan fingerprint density at radius 3 is 2.16 bits per heavy atom. The maximum atomic E-state index is 13.7. The maximum absolute atomic E-state index is 13.7.